The lowest BCUT2D eigenvalue weighted by molar-refractivity contribution is -0.386. The number of aromatic nitrogens is 4. The van der Waals surface area contributed by atoms with Gasteiger partial charge in [0, 0.05) is 17.3 Å². The minimum Gasteiger partial charge on any atom is -0.475 e. The zero-order valence-corrected chi connectivity index (χ0v) is 14.5. The number of anilines is 1. The van der Waals surface area contributed by atoms with Crippen LogP contribution in [0.5, 0.6) is 5.88 Å². The molecular formula is C15H12ClFN6O4. The van der Waals surface area contributed by atoms with Gasteiger partial charge in [-0.2, -0.15) is 5.10 Å². The second-order valence-corrected chi connectivity index (χ2v) is 5.71. The number of hydrogen-bond acceptors (Lipinski definition) is 6. The van der Waals surface area contributed by atoms with E-state index in [4.69, 9.17) is 16.3 Å². The summed E-state index contributed by atoms with van der Waals surface area (Å²) in [4.78, 5) is 22.6. The fraction of sp³-hybridized carbons (Fsp3) is 0.133. The molecule has 10 nitrogen and oxygen atoms in total. The number of benzene rings is 1. The van der Waals surface area contributed by atoms with E-state index < -0.39 is 22.3 Å². The van der Waals surface area contributed by atoms with Crippen LogP contribution < -0.4 is 10.1 Å². The van der Waals surface area contributed by atoms with E-state index in [9.17, 15) is 19.3 Å². The molecule has 0 unspecified atom stereocenters. The van der Waals surface area contributed by atoms with E-state index in [1.54, 1.807) is 6.20 Å². The lowest BCUT2D eigenvalue weighted by Crippen LogP contribution is -2.15. The molecule has 12 heteroatoms. The molecule has 3 aromatic rings. The third-order valence-corrected chi connectivity index (χ3v) is 3.89. The molecule has 27 heavy (non-hydrogen) atoms. The van der Waals surface area contributed by atoms with Crippen LogP contribution in [-0.4, -0.2) is 37.9 Å². The van der Waals surface area contributed by atoms with E-state index in [0.717, 1.165) is 0 Å². The van der Waals surface area contributed by atoms with Crippen LogP contribution in [0.1, 0.15) is 16.1 Å². The summed E-state index contributed by atoms with van der Waals surface area (Å²) in [6.07, 6.45) is 1.57. The van der Waals surface area contributed by atoms with Gasteiger partial charge in [-0.1, -0.05) is 17.7 Å². The molecule has 0 aliphatic rings. The zero-order valence-electron chi connectivity index (χ0n) is 13.8. The van der Waals surface area contributed by atoms with Crippen molar-refractivity contribution < 1.29 is 18.8 Å². The summed E-state index contributed by atoms with van der Waals surface area (Å²) in [5.41, 5.74) is -0.312. The van der Waals surface area contributed by atoms with Crippen LogP contribution in [-0.2, 0) is 6.54 Å². The van der Waals surface area contributed by atoms with Gasteiger partial charge in [0.1, 0.15) is 5.82 Å². The minimum absolute atomic E-state index is 0.154. The Balaban J connectivity index is 1.75. The van der Waals surface area contributed by atoms with Crippen LogP contribution >= 0.6 is 11.6 Å². The highest BCUT2D eigenvalue weighted by molar-refractivity contribution is 6.31. The average molecular weight is 395 g/mol. The van der Waals surface area contributed by atoms with Crippen LogP contribution in [0.2, 0.25) is 5.02 Å². The molecule has 0 aliphatic carbocycles. The summed E-state index contributed by atoms with van der Waals surface area (Å²) in [5.74, 6) is -1.40. The highest BCUT2D eigenvalue weighted by atomic mass is 35.5. The number of H-pyrrole nitrogens is 1. The standard InChI is InChI=1S/C15H12ClFN6O4/c1-27-15-13(23(25)26)12(19-20-15)14(24)18-11-4-5-22(21-11)7-8-2-3-9(17)6-10(8)16/h2-6H,7H2,1H3,(H,19,20)(H,18,21,24). The fourth-order valence-corrected chi connectivity index (χ4v) is 2.54. The van der Waals surface area contributed by atoms with E-state index in [1.165, 1.54) is 36.1 Å². The topological polar surface area (TPSA) is 128 Å². The van der Waals surface area contributed by atoms with Gasteiger partial charge >= 0.3 is 11.6 Å². The van der Waals surface area contributed by atoms with Crippen LogP contribution in [0.25, 0.3) is 0 Å². The number of nitro groups is 1. The quantitative estimate of drug-likeness (QED) is 0.488. The first-order valence-electron chi connectivity index (χ1n) is 7.44. The molecule has 2 aromatic heterocycles. The second kappa shape index (κ2) is 7.41. The first-order valence-corrected chi connectivity index (χ1v) is 7.82. The number of aromatic amines is 1. The Morgan fingerprint density at radius 3 is 2.93 bits per heavy atom. The van der Waals surface area contributed by atoms with Crippen molar-refractivity contribution in [3.05, 3.63) is 62.7 Å². The van der Waals surface area contributed by atoms with Crippen molar-refractivity contribution in [3.63, 3.8) is 0 Å². The van der Waals surface area contributed by atoms with Gasteiger partial charge in [0.25, 0.3) is 5.91 Å². The SMILES string of the molecule is COc1n[nH]c(C(=O)Nc2ccn(Cc3ccc(F)cc3Cl)n2)c1[N+](=O)[O-]. The molecule has 2 N–H and O–H groups in total. The number of carbonyl (C=O) groups excluding carboxylic acids is 1. The molecule has 2 heterocycles. The molecule has 0 atom stereocenters. The van der Waals surface area contributed by atoms with Crippen molar-refractivity contribution in [2.45, 2.75) is 6.54 Å². The first kappa shape index (κ1) is 18.3. The highest BCUT2D eigenvalue weighted by Crippen LogP contribution is 2.28. The lowest BCUT2D eigenvalue weighted by Gasteiger charge is -2.05. The maximum Gasteiger partial charge on any atom is 0.362 e. The Morgan fingerprint density at radius 2 is 2.26 bits per heavy atom. The smallest absolute Gasteiger partial charge is 0.362 e. The van der Waals surface area contributed by atoms with Gasteiger partial charge in [0.05, 0.1) is 18.6 Å². The Kier molecular flexibility index (Phi) is 5.03. The van der Waals surface area contributed by atoms with Crippen molar-refractivity contribution in [3.8, 4) is 5.88 Å². The van der Waals surface area contributed by atoms with Crippen LogP contribution in [0.15, 0.2) is 30.5 Å². The fourth-order valence-electron chi connectivity index (χ4n) is 2.31. The molecule has 0 spiro atoms. The van der Waals surface area contributed by atoms with Gasteiger partial charge in [0.15, 0.2) is 5.82 Å². The van der Waals surface area contributed by atoms with E-state index in [1.807, 2.05) is 0 Å². The van der Waals surface area contributed by atoms with Crippen molar-refractivity contribution in [2.24, 2.45) is 0 Å². The summed E-state index contributed by atoms with van der Waals surface area (Å²) >= 11 is 5.98. The highest BCUT2D eigenvalue weighted by Gasteiger charge is 2.30. The molecule has 3 rings (SSSR count). The lowest BCUT2D eigenvalue weighted by atomic mass is 10.2. The molecule has 140 valence electrons. The molecule has 1 aromatic carbocycles. The van der Waals surface area contributed by atoms with Gasteiger partial charge in [-0.25, -0.2) is 4.39 Å². The van der Waals surface area contributed by atoms with Crippen molar-refractivity contribution in [1.82, 2.24) is 20.0 Å². The molecular weight excluding hydrogens is 383 g/mol. The van der Waals surface area contributed by atoms with E-state index in [2.05, 4.69) is 20.6 Å². The predicted octanol–water partition coefficient (Wildman–Crippen LogP) is 2.62. The number of methoxy groups -OCH3 is 1. The second-order valence-electron chi connectivity index (χ2n) is 5.30. The molecule has 0 radical (unpaired) electrons. The van der Waals surface area contributed by atoms with E-state index in [-0.39, 0.29) is 29.0 Å². The Labute approximate surface area is 156 Å². The first-order chi connectivity index (χ1) is 12.9. The third kappa shape index (κ3) is 3.87. The number of ether oxygens (including phenoxy) is 1. The van der Waals surface area contributed by atoms with Gasteiger partial charge < -0.3 is 10.1 Å². The van der Waals surface area contributed by atoms with E-state index in [0.29, 0.717) is 5.56 Å². The number of halogens is 2. The normalized spacial score (nSPS) is 10.6. The summed E-state index contributed by atoms with van der Waals surface area (Å²) in [7, 11) is 1.20. The third-order valence-electron chi connectivity index (χ3n) is 3.54. The van der Waals surface area contributed by atoms with Crippen LogP contribution in [0.3, 0.4) is 0 Å². The zero-order chi connectivity index (χ0) is 19.6. The van der Waals surface area contributed by atoms with Crippen molar-refractivity contribution >= 4 is 29.0 Å². The summed E-state index contributed by atoms with van der Waals surface area (Å²) in [6, 6.07) is 5.48. The van der Waals surface area contributed by atoms with Gasteiger partial charge in [-0.3, -0.25) is 24.7 Å². The number of amides is 1. The molecule has 0 saturated carbocycles. The molecule has 0 aliphatic heterocycles. The minimum atomic E-state index is -0.803. The van der Waals surface area contributed by atoms with Gasteiger partial charge in [-0.05, 0) is 17.7 Å². The maximum absolute atomic E-state index is 13.1. The molecule has 1 amide bonds. The Hall–Kier alpha value is -3.47. The van der Waals surface area contributed by atoms with E-state index >= 15 is 0 Å². The molecule has 0 fully saturated rings. The Bertz CT molecular complexity index is 1020. The number of nitrogens with zero attached hydrogens (tertiary/aromatic N) is 4. The summed E-state index contributed by atoms with van der Waals surface area (Å²) in [6.45, 7) is 0.243. The number of rotatable bonds is 6. The Morgan fingerprint density at radius 1 is 1.48 bits per heavy atom. The molecule has 0 bridgehead atoms. The van der Waals surface area contributed by atoms with Gasteiger partial charge in [0.2, 0.25) is 5.69 Å². The number of carbonyl (C=O) groups is 1. The summed E-state index contributed by atoms with van der Waals surface area (Å²) < 4.78 is 19.3. The predicted molar refractivity (Wildman–Crippen MR) is 92.5 cm³/mol. The average Bonchev–Trinajstić information content (AvgIpc) is 3.23. The monoisotopic (exact) mass is 394 g/mol. The molecule has 0 saturated heterocycles. The van der Waals surface area contributed by atoms with Crippen LogP contribution in [0.4, 0.5) is 15.9 Å². The number of nitrogens with one attached hydrogen (secondary N) is 2. The summed E-state index contributed by atoms with van der Waals surface area (Å²) in [5, 5.41) is 23.8. The number of hydrogen-bond donors (Lipinski definition) is 2. The largest absolute Gasteiger partial charge is 0.475 e. The van der Waals surface area contributed by atoms with Crippen molar-refractivity contribution in [2.75, 3.05) is 12.4 Å². The van der Waals surface area contributed by atoms with Crippen molar-refractivity contribution in [1.29, 1.82) is 0 Å². The van der Waals surface area contributed by atoms with Crippen LogP contribution in [0, 0.1) is 15.9 Å². The van der Waals surface area contributed by atoms with Gasteiger partial charge in [-0.15, -0.1) is 5.10 Å². The maximum atomic E-state index is 13.1.